The molecule has 1 aromatic heterocycles. The van der Waals surface area contributed by atoms with E-state index in [0.29, 0.717) is 12.2 Å². The number of amides is 3. The Kier molecular flexibility index (Phi) is 6.81. The first-order chi connectivity index (χ1) is 14.8. The first-order valence-electron chi connectivity index (χ1n) is 9.93. The number of carbonyl (C=O) groups is 3. The second-order valence-corrected chi connectivity index (χ2v) is 7.48. The minimum absolute atomic E-state index is 0.196. The van der Waals surface area contributed by atoms with Crippen molar-refractivity contribution in [3.8, 4) is 11.3 Å². The van der Waals surface area contributed by atoms with Gasteiger partial charge in [0.15, 0.2) is 0 Å². The number of nitrogens with zero attached hydrogens (tertiary/aromatic N) is 2. The van der Waals surface area contributed by atoms with Crippen LogP contribution in [0.3, 0.4) is 0 Å². The molecule has 0 radical (unpaired) electrons. The fraction of sp³-hybridized carbons (Fsp3) is 0.217. The Labute approximate surface area is 180 Å². The zero-order valence-corrected chi connectivity index (χ0v) is 17.7. The van der Waals surface area contributed by atoms with E-state index < -0.39 is 17.7 Å². The van der Waals surface area contributed by atoms with Crippen LogP contribution in [0.5, 0.6) is 0 Å². The Bertz CT molecular complexity index is 1070. The minimum Gasteiger partial charge on any atom is -0.346 e. The van der Waals surface area contributed by atoms with Crippen LogP contribution in [0.1, 0.15) is 35.3 Å². The molecule has 3 N–H and O–H groups in total. The number of carbonyl (C=O) groups excluding carboxylic acids is 3. The van der Waals surface area contributed by atoms with Crippen LogP contribution < -0.4 is 16.2 Å². The fourth-order valence-electron chi connectivity index (χ4n) is 2.93. The average molecular weight is 419 g/mol. The van der Waals surface area contributed by atoms with E-state index in [1.54, 1.807) is 24.7 Å². The Morgan fingerprint density at radius 3 is 2.26 bits per heavy atom. The fourth-order valence-corrected chi connectivity index (χ4v) is 2.93. The van der Waals surface area contributed by atoms with E-state index in [-0.39, 0.29) is 11.6 Å². The molecule has 8 heteroatoms. The minimum atomic E-state index is -0.949. The molecule has 0 aliphatic carbocycles. The molecule has 0 fully saturated rings. The molecule has 0 spiro atoms. The molecule has 0 saturated heterocycles. The van der Waals surface area contributed by atoms with Gasteiger partial charge in [0.1, 0.15) is 5.69 Å². The van der Waals surface area contributed by atoms with E-state index in [4.69, 9.17) is 0 Å². The molecule has 0 unspecified atom stereocenters. The number of rotatable bonds is 5. The normalized spacial score (nSPS) is 10.6. The van der Waals surface area contributed by atoms with Crippen molar-refractivity contribution in [1.29, 1.82) is 0 Å². The number of aryl methyl sites for hydroxylation is 1. The maximum atomic E-state index is 12.8. The van der Waals surface area contributed by atoms with Gasteiger partial charge in [0.05, 0.1) is 12.1 Å². The summed E-state index contributed by atoms with van der Waals surface area (Å²) in [7, 11) is 0. The monoisotopic (exact) mass is 419 g/mol. The molecule has 3 rings (SSSR count). The lowest BCUT2D eigenvalue weighted by Crippen LogP contribution is -2.49. The second-order valence-electron chi connectivity index (χ2n) is 7.48. The summed E-state index contributed by atoms with van der Waals surface area (Å²) in [6, 6.07) is 17.2. The van der Waals surface area contributed by atoms with Crippen LogP contribution in [0, 0.1) is 6.92 Å². The molecule has 0 bridgehead atoms. The summed E-state index contributed by atoms with van der Waals surface area (Å²) in [5, 5.41) is 7.05. The predicted octanol–water partition coefficient (Wildman–Crippen LogP) is 2.19. The molecule has 1 heterocycles. The molecule has 0 aliphatic rings. The van der Waals surface area contributed by atoms with Gasteiger partial charge in [-0.05, 0) is 26.3 Å². The van der Waals surface area contributed by atoms with Gasteiger partial charge < -0.3 is 5.32 Å². The number of benzene rings is 2. The predicted molar refractivity (Wildman–Crippen MR) is 117 cm³/mol. The first kappa shape index (κ1) is 21.8. The molecule has 0 atom stereocenters. The Morgan fingerprint density at radius 1 is 0.935 bits per heavy atom. The van der Waals surface area contributed by atoms with Gasteiger partial charge in [-0.2, -0.15) is 5.10 Å². The number of hydrazine groups is 1. The molecule has 31 heavy (non-hydrogen) atoms. The lowest BCUT2D eigenvalue weighted by Gasteiger charge is -2.09. The number of hydrogen-bond acceptors (Lipinski definition) is 4. The van der Waals surface area contributed by atoms with Gasteiger partial charge in [-0.25, -0.2) is 0 Å². The lowest BCUT2D eigenvalue weighted by molar-refractivity contribution is -0.139. The highest BCUT2D eigenvalue weighted by molar-refractivity contribution is 6.35. The first-order valence-corrected chi connectivity index (χ1v) is 9.93. The van der Waals surface area contributed by atoms with Gasteiger partial charge in [0.25, 0.3) is 5.91 Å². The van der Waals surface area contributed by atoms with Crippen molar-refractivity contribution in [2.24, 2.45) is 0 Å². The van der Waals surface area contributed by atoms with E-state index in [1.807, 2.05) is 61.5 Å². The number of nitrogens with one attached hydrogen (secondary N) is 3. The van der Waals surface area contributed by atoms with Crippen LogP contribution in [0.2, 0.25) is 0 Å². The molecule has 160 valence electrons. The van der Waals surface area contributed by atoms with Crippen molar-refractivity contribution in [1.82, 2.24) is 25.9 Å². The average Bonchev–Trinajstić information content (AvgIpc) is 3.16. The summed E-state index contributed by atoms with van der Waals surface area (Å²) in [6.45, 7) is 5.93. The smallest absolute Gasteiger partial charge is 0.327 e. The molecular weight excluding hydrogens is 394 g/mol. The summed E-state index contributed by atoms with van der Waals surface area (Å²) in [4.78, 5) is 36.4. The van der Waals surface area contributed by atoms with E-state index in [2.05, 4.69) is 21.3 Å². The summed E-state index contributed by atoms with van der Waals surface area (Å²) in [5.74, 6) is -2.34. The van der Waals surface area contributed by atoms with Crippen molar-refractivity contribution in [3.05, 3.63) is 77.5 Å². The highest BCUT2D eigenvalue weighted by Gasteiger charge is 2.20. The second kappa shape index (κ2) is 9.71. The molecule has 3 aromatic rings. The van der Waals surface area contributed by atoms with E-state index in [1.165, 1.54) is 0 Å². The van der Waals surface area contributed by atoms with Gasteiger partial charge in [0, 0.05) is 17.8 Å². The quantitative estimate of drug-likeness (QED) is 0.435. The van der Waals surface area contributed by atoms with Gasteiger partial charge in [-0.3, -0.25) is 29.9 Å². The highest BCUT2D eigenvalue weighted by atomic mass is 16.2. The summed E-state index contributed by atoms with van der Waals surface area (Å²) >= 11 is 0. The zero-order chi connectivity index (χ0) is 22.4. The number of hydrogen-bond donors (Lipinski definition) is 3. The lowest BCUT2D eigenvalue weighted by atomic mass is 10.1. The Hall–Kier alpha value is -3.94. The van der Waals surface area contributed by atoms with E-state index in [9.17, 15) is 14.4 Å². The molecule has 2 aromatic carbocycles. The molecule has 0 saturated carbocycles. The van der Waals surface area contributed by atoms with Crippen molar-refractivity contribution >= 4 is 17.7 Å². The van der Waals surface area contributed by atoms with Crippen LogP contribution >= 0.6 is 0 Å². The summed E-state index contributed by atoms with van der Waals surface area (Å²) < 4.78 is 1.67. The van der Waals surface area contributed by atoms with Crippen LogP contribution in [0.25, 0.3) is 11.3 Å². The summed E-state index contributed by atoms with van der Waals surface area (Å²) in [6.07, 6.45) is 1.62. The van der Waals surface area contributed by atoms with Crippen molar-refractivity contribution in [2.45, 2.75) is 33.4 Å². The third-order valence-electron chi connectivity index (χ3n) is 4.43. The van der Waals surface area contributed by atoms with Crippen LogP contribution in [0.4, 0.5) is 0 Å². The van der Waals surface area contributed by atoms with Crippen molar-refractivity contribution < 1.29 is 14.4 Å². The van der Waals surface area contributed by atoms with Crippen molar-refractivity contribution in [2.75, 3.05) is 0 Å². The molecule has 3 amide bonds. The Morgan fingerprint density at radius 2 is 1.61 bits per heavy atom. The highest BCUT2D eigenvalue weighted by Crippen LogP contribution is 2.23. The summed E-state index contributed by atoms with van der Waals surface area (Å²) in [5.41, 5.74) is 8.10. The maximum absolute atomic E-state index is 12.8. The standard InChI is InChI=1S/C23H25N5O3/c1-15(2)24-22(30)23(31)26-25-21(29)19-14-28(13-17-7-5-4-6-8-17)27-20(19)18-11-9-16(3)10-12-18/h4-12,14-15H,13H2,1-3H3,(H,24,30)(H,25,29)(H,26,31). The molecule has 8 nitrogen and oxygen atoms in total. The van der Waals surface area contributed by atoms with Gasteiger partial charge in [-0.15, -0.1) is 0 Å². The van der Waals surface area contributed by atoms with Gasteiger partial charge in [-0.1, -0.05) is 60.2 Å². The topological polar surface area (TPSA) is 105 Å². The van der Waals surface area contributed by atoms with Crippen LogP contribution in [-0.4, -0.2) is 33.5 Å². The molecular formula is C23H25N5O3. The third kappa shape index (κ3) is 5.79. The van der Waals surface area contributed by atoms with Crippen LogP contribution in [0.15, 0.2) is 60.8 Å². The van der Waals surface area contributed by atoms with E-state index >= 15 is 0 Å². The molecule has 0 aliphatic heterocycles. The van der Waals surface area contributed by atoms with Crippen molar-refractivity contribution in [3.63, 3.8) is 0 Å². The SMILES string of the molecule is Cc1ccc(-c2nn(Cc3ccccc3)cc2C(=O)NNC(=O)C(=O)NC(C)C)cc1. The number of aromatic nitrogens is 2. The Balaban J connectivity index is 1.82. The largest absolute Gasteiger partial charge is 0.346 e. The third-order valence-corrected chi connectivity index (χ3v) is 4.43. The van der Waals surface area contributed by atoms with Crippen LogP contribution in [-0.2, 0) is 16.1 Å². The van der Waals surface area contributed by atoms with Gasteiger partial charge in [0.2, 0.25) is 0 Å². The zero-order valence-electron chi connectivity index (χ0n) is 17.7. The van der Waals surface area contributed by atoms with Gasteiger partial charge >= 0.3 is 11.8 Å². The van der Waals surface area contributed by atoms with E-state index in [0.717, 1.165) is 16.7 Å². The maximum Gasteiger partial charge on any atom is 0.327 e.